The maximum Gasteiger partial charge on any atom is 0.178 e. The summed E-state index contributed by atoms with van der Waals surface area (Å²) in [5.74, 6) is 3.23. The summed E-state index contributed by atoms with van der Waals surface area (Å²) in [5, 5.41) is 12.9. The Labute approximate surface area is 155 Å². The van der Waals surface area contributed by atoms with Crippen LogP contribution in [-0.2, 0) is 6.42 Å². The van der Waals surface area contributed by atoms with E-state index in [0.29, 0.717) is 5.92 Å². The smallest absolute Gasteiger partial charge is 0.178 e. The molecule has 1 aliphatic rings. The highest BCUT2D eigenvalue weighted by molar-refractivity contribution is 5.46. The van der Waals surface area contributed by atoms with Gasteiger partial charge in [-0.3, -0.25) is 0 Å². The average molecular weight is 349 g/mol. The molecule has 0 amide bonds. The van der Waals surface area contributed by atoms with Gasteiger partial charge in [-0.05, 0) is 61.3 Å². The fourth-order valence-corrected chi connectivity index (χ4v) is 3.79. The van der Waals surface area contributed by atoms with Gasteiger partial charge in [0, 0.05) is 13.1 Å². The van der Waals surface area contributed by atoms with E-state index < -0.39 is 0 Å². The molecular formula is C21H27N5. The molecule has 0 saturated carbocycles. The Morgan fingerprint density at radius 2 is 1.73 bits per heavy atom. The minimum Gasteiger partial charge on any atom is -0.355 e. The van der Waals surface area contributed by atoms with E-state index in [-0.39, 0.29) is 0 Å². The van der Waals surface area contributed by atoms with Gasteiger partial charge >= 0.3 is 0 Å². The van der Waals surface area contributed by atoms with Crippen molar-refractivity contribution in [3.05, 3.63) is 53.3 Å². The molecule has 0 radical (unpaired) electrons. The quantitative estimate of drug-likeness (QED) is 0.714. The van der Waals surface area contributed by atoms with Crippen molar-refractivity contribution >= 4 is 11.5 Å². The summed E-state index contributed by atoms with van der Waals surface area (Å²) in [4.78, 5) is 2.39. The van der Waals surface area contributed by atoms with Gasteiger partial charge in [0.25, 0.3) is 0 Å². The fraction of sp³-hybridized carbons (Fsp3) is 0.476. The van der Waals surface area contributed by atoms with Gasteiger partial charge in [-0.2, -0.15) is 4.52 Å². The topological polar surface area (TPSA) is 46.3 Å². The molecule has 1 aliphatic heterocycles. The van der Waals surface area contributed by atoms with E-state index >= 15 is 0 Å². The number of benzene rings is 1. The second-order valence-corrected chi connectivity index (χ2v) is 7.74. The molecule has 0 unspecified atom stereocenters. The van der Waals surface area contributed by atoms with E-state index in [4.69, 9.17) is 5.10 Å². The molecule has 3 heterocycles. The predicted octanol–water partition coefficient (Wildman–Crippen LogP) is 4.02. The van der Waals surface area contributed by atoms with Crippen molar-refractivity contribution < 1.29 is 0 Å². The lowest BCUT2D eigenvalue weighted by Crippen LogP contribution is -2.35. The van der Waals surface area contributed by atoms with Crippen LogP contribution in [0.1, 0.15) is 49.6 Å². The van der Waals surface area contributed by atoms with Crippen LogP contribution in [0, 0.1) is 12.8 Å². The summed E-state index contributed by atoms with van der Waals surface area (Å²) in [6, 6.07) is 13.3. The van der Waals surface area contributed by atoms with E-state index in [1.165, 1.54) is 30.4 Å². The van der Waals surface area contributed by atoms with Gasteiger partial charge in [-0.25, -0.2) is 0 Å². The first-order chi connectivity index (χ1) is 12.6. The minimum absolute atomic E-state index is 0.603. The van der Waals surface area contributed by atoms with E-state index in [1.54, 1.807) is 0 Å². The first kappa shape index (κ1) is 17.0. The third-order valence-electron chi connectivity index (χ3n) is 5.51. The van der Waals surface area contributed by atoms with Crippen molar-refractivity contribution in [2.24, 2.45) is 5.92 Å². The zero-order chi connectivity index (χ0) is 18.1. The molecule has 0 spiro atoms. The number of hydrogen-bond acceptors (Lipinski definition) is 4. The molecule has 3 aromatic rings. The maximum atomic E-state index is 4.71. The van der Waals surface area contributed by atoms with Gasteiger partial charge in [0.1, 0.15) is 5.82 Å². The Hall–Kier alpha value is -2.43. The van der Waals surface area contributed by atoms with E-state index in [1.807, 2.05) is 17.5 Å². The van der Waals surface area contributed by atoms with Gasteiger partial charge in [0.15, 0.2) is 11.5 Å². The standard InChI is InChI=1S/C21H27N5/c1-15(2)19-6-4-17(5-7-19)14-18-10-12-25(13-11-18)21-9-8-20-23-22-16(3)26(20)24-21/h4-9,15,18H,10-14H2,1-3H3. The molecule has 0 aliphatic carbocycles. The van der Waals surface area contributed by atoms with Crippen molar-refractivity contribution in [3.63, 3.8) is 0 Å². The van der Waals surface area contributed by atoms with Crippen molar-refractivity contribution in [3.8, 4) is 0 Å². The van der Waals surface area contributed by atoms with Crippen molar-refractivity contribution in [2.75, 3.05) is 18.0 Å². The van der Waals surface area contributed by atoms with Gasteiger partial charge < -0.3 is 4.90 Å². The lowest BCUT2D eigenvalue weighted by Gasteiger charge is -2.32. The molecule has 136 valence electrons. The van der Waals surface area contributed by atoms with E-state index in [9.17, 15) is 0 Å². The number of fused-ring (bicyclic) bond motifs is 1. The van der Waals surface area contributed by atoms with Gasteiger partial charge in [0.05, 0.1) is 0 Å². The molecule has 5 heteroatoms. The highest BCUT2D eigenvalue weighted by Gasteiger charge is 2.21. The Morgan fingerprint density at radius 1 is 1.00 bits per heavy atom. The molecule has 1 aromatic carbocycles. The van der Waals surface area contributed by atoms with Crippen LogP contribution in [-0.4, -0.2) is 32.9 Å². The molecule has 1 fully saturated rings. The Bertz CT molecular complexity index is 873. The number of rotatable bonds is 4. The average Bonchev–Trinajstić information content (AvgIpc) is 3.03. The summed E-state index contributed by atoms with van der Waals surface area (Å²) in [6.07, 6.45) is 3.61. The van der Waals surface area contributed by atoms with Crippen LogP contribution >= 0.6 is 0 Å². The molecule has 1 saturated heterocycles. The molecular weight excluding hydrogens is 322 g/mol. The second-order valence-electron chi connectivity index (χ2n) is 7.74. The highest BCUT2D eigenvalue weighted by Crippen LogP contribution is 2.25. The molecule has 4 rings (SSSR count). The van der Waals surface area contributed by atoms with E-state index in [0.717, 1.165) is 36.3 Å². The minimum atomic E-state index is 0.603. The van der Waals surface area contributed by atoms with Crippen LogP contribution in [0.2, 0.25) is 0 Å². The molecule has 0 bridgehead atoms. The first-order valence-electron chi connectivity index (χ1n) is 9.63. The zero-order valence-corrected chi connectivity index (χ0v) is 15.9. The van der Waals surface area contributed by atoms with Crippen molar-refractivity contribution in [1.82, 2.24) is 19.8 Å². The Balaban J connectivity index is 1.38. The Morgan fingerprint density at radius 3 is 2.42 bits per heavy atom. The summed E-state index contributed by atoms with van der Waals surface area (Å²) in [7, 11) is 0. The third kappa shape index (κ3) is 3.43. The lowest BCUT2D eigenvalue weighted by molar-refractivity contribution is 0.401. The maximum absolute atomic E-state index is 4.71. The number of anilines is 1. The van der Waals surface area contributed by atoms with Gasteiger partial charge in [-0.15, -0.1) is 15.3 Å². The molecule has 5 nitrogen and oxygen atoms in total. The highest BCUT2D eigenvalue weighted by atomic mass is 15.4. The monoisotopic (exact) mass is 349 g/mol. The number of piperidine rings is 1. The van der Waals surface area contributed by atoms with E-state index in [2.05, 4.69) is 59.3 Å². The largest absolute Gasteiger partial charge is 0.355 e. The van der Waals surface area contributed by atoms with Crippen LogP contribution < -0.4 is 4.90 Å². The first-order valence-corrected chi connectivity index (χ1v) is 9.63. The van der Waals surface area contributed by atoms with Crippen LogP contribution in [0.4, 0.5) is 5.82 Å². The second kappa shape index (κ2) is 7.06. The lowest BCUT2D eigenvalue weighted by atomic mass is 9.89. The number of hydrogen-bond donors (Lipinski definition) is 0. The number of nitrogens with zero attached hydrogens (tertiary/aromatic N) is 5. The third-order valence-corrected chi connectivity index (χ3v) is 5.51. The Kier molecular flexibility index (Phi) is 4.62. The zero-order valence-electron chi connectivity index (χ0n) is 15.9. The summed E-state index contributed by atoms with van der Waals surface area (Å²) in [6.45, 7) is 8.56. The molecule has 0 N–H and O–H groups in total. The van der Waals surface area contributed by atoms with Crippen molar-refractivity contribution in [2.45, 2.75) is 46.0 Å². The van der Waals surface area contributed by atoms with Crippen LogP contribution in [0.5, 0.6) is 0 Å². The SMILES string of the molecule is Cc1nnc2ccc(N3CCC(Cc4ccc(C(C)C)cc4)CC3)nn12. The van der Waals surface area contributed by atoms with Crippen molar-refractivity contribution in [1.29, 1.82) is 0 Å². The summed E-state index contributed by atoms with van der Waals surface area (Å²) < 4.78 is 1.83. The van der Waals surface area contributed by atoms with Gasteiger partial charge in [-0.1, -0.05) is 38.1 Å². The predicted molar refractivity (Wildman–Crippen MR) is 105 cm³/mol. The number of aromatic nitrogens is 4. The molecule has 0 atom stereocenters. The van der Waals surface area contributed by atoms with Crippen LogP contribution in [0.3, 0.4) is 0 Å². The van der Waals surface area contributed by atoms with Crippen LogP contribution in [0.15, 0.2) is 36.4 Å². The summed E-state index contributed by atoms with van der Waals surface area (Å²) >= 11 is 0. The van der Waals surface area contributed by atoms with Crippen LogP contribution in [0.25, 0.3) is 5.65 Å². The fourth-order valence-electron chi connectivity index (χ4n) is 3.79. The normalized spacial score (nSPS) is 15.9. The molecule has 2 aromatic heterocycles. The summed E-state index contributed by atoms with van der Waals surface area (Å²) in [5.41, 5.74) is 3.70. The molecule has 26 heavy (non-hydrogen) atoms. The van der Waals surface area contributed by atoms with Gasteiger partial charge in [0.2, 0.25) is 0 Å². The number of aryl methyl sites for hydroxylation is 1.